The van der Waals surface area contributed by atoms with Crippen molar-refractivity contribution in [3.63, 3.8) is 0 Å². The van der Waals surface area contributed by atoms with Crippen molar-refractivity contribution in [2.75, 3.05) is 7.05 Å². The normalized spacial score (nSPS) is 17.8. The lowest BCUT2D eigenvalue weighted by Gasteiger charge is -2.32. The third-order valence-electron chi connectivity index (χ3n) is 3.83. The summed E-state index contributed by atoms with van der Waals surface area (Å²) in [5.74, 6) is 0.170. The van der Waals surface area contributed by atoms with Crippen LogP contribution in [0.4, 0.5) is 0 Å². The van der Waals surface area contributed by atoms with Crippen molar-refractivity contribution in [3.05, 3.63) is 23.4 Å². The van der Waals surface area contributed by atoms with Crippen LogP contribution in [0.5, 0.6) is 0 Å². The van der Waals surface area contributed by atoms with Gasteiger partial charge in [-0.05, 0) is 31.9 Å². The lowest BCUT2D eigenvalue weighted by molar-refractivity contribution is -0.131. The molecule has 1 fully saturated rings. The van der Waals surface area contributed by atoms with Crippen LogP contribution in [0.1, 0.15) is 39.0 Å². The zero-order chi connectivity index (χ0) is 14.5. The maximum Gasteiger partial charge on any atom is 0.235 e. The Kier molecular flexibility index (Phi) is 5.73. The first-order valence-corrected chi connectivity index (χ1v) is 8.39. The molecule has 110 valence electrons. The molecule has 2 rings (SSSR count). The van der Waals surface area contributed by atoms with Crippen LogP contribution in [0, 0.1) is 0 Å². The number of amides is 1. The fourth-order valence-electron chi connectivity index (χ4n) is 2.61. The number of aromatic nitrogens is 1. The summed E-state index contributed by atoms with van der Waals surface area (Å²) >= 11 is 7.53. The molecule has 0 aliphatic heterocycles. The van der Waals surface area contributed by atoms with Gasteiger partial charge in [-0.15, -0.1) is 0 Å². The van der Waals surface area contributed by atoms with Gasteiger partial charge in [-0.1, -0.05) is 42.6 Å². The monoisotopic (exact) mass is 312 g/mol. The summed E-state index contributed by atoms with van der Waals surface area (Å²) in [5, 5.41) is 1.18. The van der Waals surface area contributed by atoms with Crippen molar-refractivity contribution in [2.24, 2.45) is 0 Å². The van der Waals surface area contributed by atoms with E-state index in [4.69, 9.17) is 11.6 Å². The van der Waals surface area contributed by atoms with E-state index in [2.05, 4.69) is 4.98 Å². The Bertz CT molecular complexity index is 463. The minimum Gasteiger partial charge on any atom is -0.342 e. The van der Waals surface area contributed by atoms with Gasteiger partial charge >= 0.3 is 0 Å². The number of rotatable bonds is 4. The zero-order valence-electron chi connectivity index (χ0n) is 12.0. The molecule has 1 aromatic rings. The molecule has 3 nitrogen and oxygen atoms in total. The highest BCUT2D eigenvalue weighted by Crippen LogP contribution is 2.30. The van der Waals surface area contributed by atoms with E-state index < -0.39 is 0 Å². The maximum atomic E-state index is 12.5. The Hall–Kier alpha value is -0.740. The van der Waals surface area contributed by atoms with Crippen molar-refractivity contribution < 1.29 is 4.79 Å². The van der Waals surface area contributed by atoms with E-state index in [0.29, 0.717) is 11.1 Å². The largest absolute Gasteiger partial charge is 0.342 e. The number of carbonyl (C=O) groups is 1. The Morgan fingerprint density at radius 1 is 1.45 bits per heavy atom. The highest BCUT2D eigenvalue weighted by molar-refractivity contribution is 8.00. The lowest BCUT2D eigenvalue weighted by Crippen LogP contribution is -2.42. The lowest BCUT2D eigenvalue weighted by atomic mass is 9.94. The van der Waals surface area contributed by atoms with Crippen LogP contribution in [-0.4, -0.2) is 34.1 Å². The number of hydrogen-bond acceptors (Lipinski definition) is 3. The molecule has 1 aliphatic carbocycles. The second kappa shape index (κ2) is 7.32. The van der Waals surface area contributed by atoms with Gasteiger partial charge in [0.2, 0.25) is 5.91 Å². The molecule has 1 atom stereocenters. The molecule has 0 aromatic carbocycles. The number of carbonyl (C=O) groups excluding carboxylic acids is 1. The molecule has 20 heavy (non-hydrogen) atoms. The number of pyridine rings is 1. The summed E-state index contributed by atoms with van der Waals surface area (Å²) in [5.41, 5.74) is 0. The second-order valence-corrected chi connectivity index (χ2v) is 7.03. The van der Waals surface area contributed by atoms with Crippen LogP contribution < -0.4 is 0 Å². The molecular formula is C15H21ClN2OS. The summed E-state index contributed by atoms with van der Waals surface area (Å²) in [4.78, 5) is 18.6. The Balaban J connectivity index is 1.96. The minimum absolute atomic E-state index is 0.158. The molecule has 1 amide bonds. The first-order chi connectivity index (χ1) is 9.59. The predicted octanol–water partition coefficient (Wildman–Crippen LogP) is 4.01. The summed E-state index contributed by atoms with van der Waals surface area (Å²) in [6, 6.07) is 4.00. The van der Waals surface area contributed by atoms with E-state index in [0.717, 1.165) is 17.9 Å². The highest BCUT2D eigenvalue weighted by atomic mass is 35.5. The van der Waals surface area contributed by atoms with Crippen molar-refractivity contribution >= 4 is 29.3 Å². The Morgan fingerprint density at radius 3 is 2.80 bits per heavy atom. The molecular weight excluding hydrogens is 292 g/mol. The summed E-state index contributed by atoms with van der Waals surface area (Å²) in [6.45, 7) is 1.93. The predicted molar refractivity (Wildman–Crippen MR) is 84.2 cm³/mol. The molecule has 0 radical (unpaired) electrons. The molecule has 0 bridgehead atoms. The summed E-state index contributed by atoms with van der Waals surface area (Å²) in [6.07, 6.45) is 7.72. The zero-order valence-corrected chi connectivity index (χ0v) is 13.6. The van der Waals surface area contributed by atoms with Gasteiger partial charge in [0.25, 0.3) is 0 Å². The maximum absolute atomic E-state index is 12.5. The van der Waals surface area contributed by atoms with Crippen molar-refractivity contribution in [3.8, 4) is 0 Å². The summed E-state index contributed by atoms with van der Waals surface area (Å²) in [7, 11) is 1.93. The first-order valence-electron chi connectivity index (χ1n) is 7.13. The van der Waals surface area contributed by atoms with E-state index in [-0.39, 0.29) is 11.2 Å². The topological polar surface area (TPSA) is 33.2 Å². The van der Waals surface area contributed by atoms with Crippen LogP contribution >= 0.6 is 23.4 Å². The van der Waals surface area contributed by atoms with Crippen LogP contribution in [0.25, 0.3) is 0 Å². The number of halogens is 1. The van der Waals surface area contributed by atoms with E-state index in [1.807, 2.05) is 18.9 Å². The highest BCUT2D eigenvalue weighted by Gasteiger charge is 2.26. The van der Waals surface area contributed by atoms with Crippen molar-refractivity contribution in [1.82, 2.24) is 9.88 Å². The third-order valence-corrected chi connectivity index (χ3v) is 5.35. The number of thioether (sulfide) groups is 1. The van der Waals surface area contributed by atoms with Gasteiger partial charge in [-0.2, -0.15) is 0 Å². The smallest absolute Gasteiger partial charge is 0.235 e. The van der Waals surface area contributed by atoms with E-state index in [9.17, 15) is 4.79 Å². The molecule has 1 aromatic heterocycles. The van der Waals surface area contributed by atoms with Gasteiger partial charge < -0.3 is 4.90 Å². The van der Waals surface area contributed by atoms with Gasteiger partial charge in [0.15, 0.2) is 0 Å². The molecule has 5 heteroatoms. The van der Waals surface area contributed by atoms with Gasteiger partial charge in [0.05, 0.1) is 10.3 Å². The van der Waals surface area contributed by atoms with Crippen LogP contribution in [-0.2, 0) is 4.79 Å². The molecule has 1 unspecified atom stereocenters. The van der Waals surface area contributed by atoms with Crippen molar-refractivity contribution in [2.45, 2.75) is 55.3 Å². The van der Waals surface area contributed by atoms with Crippen LogP contribution in [0.15, 0.2) is 23.4 Å². The minimum atomic E-state index is -0.158. The van der Waals surface area contributed by atoms with E-state index in [1.165, 1.54) is 31.0 Å². The molecule has 0 spiro atoms. The van der Waals surface area contributed by atoms with Crippen molar-refractivity contribution in [1.29, 1.82) is 0 Å². The standard InChI is InChI=1S/C15H21ClN2OS/c1-11(20-14-13(16)9-6-10-17-14)15(19)18(2)12-7-4-3-5-8-12/h6,9-12H,3-5,7-8H2,1-2H3. The van der Waals surface area contributed by atoms with Crippen LogP contribution in [0.2, 0.25) is 5.02 Å². The van der Waals surface area contributed by atoms with E-state index in [1.54, 1.807) is 18.3 Å². The fourth-order valence-corrected chi connectivity index (χ4v) is 3.77. The molecule has 1 heterocycles. The van der Waals surface area contributed by atoms with Gasteiger partial charge in [0.1, 0.15) is 5.03 Å². The molecule has 1 aliphatic rings. The molecule has 0 N–H and O–H groups in total. The van der Waals surface area contributed by atoms with Crippen LogP contribution in [0.3, 0.4) is 0 Å². The van der Waals surface area contributed by atoms with E-state index >= 15 is 0 Å². The third kappa shape index (κ3) is 3.89. The quantitative estimate of drug-likeness (QED) is 0.788. The van der Waals surface area contributed by atoms with Gasteiger partial charge in [0, 0.05) is 19.3 Å². The fraction of sp³-hybridized carbons (Fsp3) is 0.600. The molecule has 0 saturated heterocycles. The second-order valence-electron chi connectivity index (χ2n) is 5.29. The number of hydrogen-bond donors (Lipinski definition) is 0. The Morgan fingerprint density at radius 2 is 2.15 bits per heavy atom. The summed E-state index contributed by atoms with van der Waals surface area (Å²) < 4.78 is 0. The average molecular weight is 313 g/mol. The van der Waals surface area contributed by atoms with Gasteiger partial charge in [-0.25, -0.2) is 4.98 Å². The SMILES string of the molecule is CC(Sc1ncccc1Cl)C(=O)N(C)C1CCCCC1. The van der Waals surface area contributed by atoms with Gasteiger partial charge in [-0.3, -0.25) is 4.79 Å². The molecule has 1 saturated carbocycles. The first kappa shape index (κ1) is 15.6. The average Bonchev–Trinajstić information content (AvgIpc) is 2.49. The Labute approximate surface area is 130 Å². The number of nitrogens with zero attached hydrogens (tertiary/aromatic N) is 2.